The van der Waals surface area contributed by atoms with Crippen LogP contribution >= 0.6 is 39.9 Å². The lowest BCUT2D eigenvalue weighted by Gasteiger charge is -2.13. The monoisotopic (exact) mass is 381 g/mol. The van der Waals surface area contributed by atoms with E-state index in [9.17, 15) is 0 Å². The highest BCUT2D eigenvalue weighted by molar-refractivity contribution is 9.10. The van der Waals surface area contributed by atoms with Crippen LogP contribution < -0.4 is 0 Å². The number of hydrogen-bond acceptors (Lipinski definition) is 4. The summed E-state index contributed by atoms with van der Waals surface area (Å²) < 4.78 is 6.55. The van der Waals surface area contributed by atoms with Gasteiger partial charge in [0, 0.05) is 15.3 Å². The lowest BCUT2D eigenvalue weighted by molar-refractivity contribution is 0.384. The summed E-state index contributed by atoms with van der Waals surface area (Å²) in [5.74, 6) is 2.52. The summed E-state index contributed by atoms with van der Waals surface area (Å²) in [6, 6.07) is 4.17. The minimum atomic E-state index is 0.515. The van der Waals surface area contributed by atoms with Gasteiger partial charge >= 0.3 is 0 Å². The molecule has 3 rings (SSSR count). The molecule has 110 valence electrons. The van der Waals surface area contributed by atoms with E-state index in [1.807, 2.05) is 11.8 Å². The molecule has 0 N–H and O–H groups in total. The molecule has 1 aliphatic carbocycles. The molecule has 2 nitrogen and oxygen atoms in total. The lowest BCUT2D eigenvalue weighted by atomic mass is 10.00. The van der Waals surface area contributed by atoms with Crippen LogP contribution in [0.25, 0.3) is 0 Å². The van der Waals surface area contributed by atoms with E-state index in [1.54, 1.807) is 6.20 Å². The van der Waals surface area contributed by atoms with Gasteiger partial charge in [-0.2, -0.15) is 0 Å². The topological polar surface area (TPSA) is 26.0 Å². The SMILES string of the molecule is CCSc1c(Br)ccc(C(=S)c2cnoc2C2CC2)c1C. The summed E-state index contributed by atoms with van der Waals surface area (Å²) in [6.45, 7) is 4.29. The first-order valence-corrected chi connectivity index (χ1v) is 9.23. The molecule has 0 bridgehead atoms. The van der Waals surface area contributed by atoms with Gasteiger partial charge in [-0.1, -0.05) is 30.4 Å². The second-order valence-corrected chi connectivity index (χ2v) is 7.73. The van der Waals surface area contributed by atoms with Crippen molar-refractivity contribution in [3.8, 4) is 0 Å². The summed E-state index contributed by atoms with van der Waals surface area (Å²) in [6.07, 6.45) is 4.13. The van der Waals surface area contributed by atoms with Crippen LogP contribution in [0, 0.1) is 6.92 Å². The van der Waals surface area contributed by atoms with Gasteiger partial charge in [0.1, 0.15) is 5.76 Å². The zero-order valence-electron chi connectivity index (χ0n) is 12.0. The van der Waals surface area contributed by atoms with E-state index in [2.05, 4.69) is 47.1 Å². The first-order valence-electron chi connectivity index (χ1n) is 7.04. The molecule has 1 fully saturated rings. The predicted molar refractivity (Wildman–Crippen MR) is 94.6 cm³/mol. The van der Waals surface area contributed by atoms with Crippen molar-refractivity contribution in [3.05, 3.63) is 45.3 Å². The van der Waals surface area contributed by atoms with Gasteiger partial charge in [-0.3, -0.25) is 0 Å². The Hall–Kier alpha value is -0.650. The Bertz CT molecular complexity index is 692. The average Bonchev–Trinajstić information content (AvgIpc) is 3.20. The van der Waals surface area contributed by atoms with Crippen LogP contribution in [-0.4, -0.2) is 15.8 Å². The fraction of sp³-hybridized carbons (Fsp3) is 0.375. The van der Waals surface area contributed by atoms with Crippen LogP contribution in [0.1, 0.15) is 48.1 Å². The Kier molecular flexibility index (Phi) is 4.52. The summed E-state index contributed by atoms with van der Waals surface area (Å²) in [5, 5.41) is 3.96. The first-order chi connectivity index (χ1) is 10.1. The molecule has 0 saturated heterocycles. The van der Waals surface area contributed by atoms with Gasteiger partial charge < -0.3 is 4.52 Å². The highest BCUT2D eigenvalue weighted by atomic mass is 79.9. The van der Waals surface area contributed by atoms with Crippen molar-refractivity contribution in [2.24, 2.45) is 0 Å². The van der Waals surface area contributed by atoms with E-state index >= 15 is 0 Å². The van der Waals surface area contributed by atoms with Crippen molar-refractivity contribution in [1.29, 1.82) is 0 Å². The molecule has 1 saturated carbocycles. The fourth-order valence-electron chi connectivity index (χ4n) is 2.43. The van der Waals surface area contributed by atoms with Crippen LogP contribution in [0.2, 0.25) is 0 Å². The van der Waals surface area contributed by atoms with Crippen molar-refractivity contribution < 1.29 is 4.52 Å². The Morgan fingerprint density at radius 2 is 2.19 bits per heavy atom. The first kappa shape index (κ1) is 15.3. The van der Waals surface area contributed by atoms with E-state index in [0.717, 1.165) is 32.0 Å². The molecule has 0 amide bonds. The molecule has 1 heterocycles. The van der Waals surface area contributed by atoms with Crippen LogP contribution in [0.3, 0.4) is 0 Å². The van der Waals surface area contributed by atoms with E-state index in [0.29, 0.717) is 5.92 Å². The maximum atomic E-state index is 5.73. The van der Waals surface area contributed by atoms with Crippen molar-refractivity contribution in [2.75, 3.05) is 5.75 Å². The third-order valence-corrected chi connectivity index (χ3v) is 6.15. The predicted octanol–water partition coefficient (Wildman–Crippen LogP) is 5.50. The zero-order valence-corrected chi connectivity index (χ0v) is 15.2. The van der Waals surface area contributed by atoms with Gasteiger partial charge in [-0.25, -0.2) is 0 Å². The van der Waals surface area contributed by atoms with E-state index < -0.39 is 0 Å². The van der Waals surface area contributed by atoms with Gasteiger partial charge in [0.15, 0.2) is 0 Å². The number of halogens is 1. The summed E-state index contributed by atoms with van der Waals surface area (Å²) >= 11 is 11.2. The quantitative estimate of drug-likeness (QED) is 0.387. The van der Waals surface area contributed by atoms with Gasteiger partial charge in [0.05, 0.1) is 16.6 Å². The third kappa shape index (κ3) is 2.96. The molecule has 0 spiro atoms. The number of benzene rings is 1. The molecule has 5 heteroatoms. The number of aromatic nitrogens is 1. The summed E-state index contributed by atoms with van der Waals surface area (Å²) in [5.41, 5.74) is 3.32. The second kappa shape index (κ2) is 6.23. The number of thiocarbonyl (C=S) groups is 1. The van der Waals surface area contributed by atoms with Crippen LogP contribution in [0.15, 0.2) is 32.2 Å². The fourth-order valence-corrected chi connectivity index (χ4v) is 4.40. The second-order valence-electron chi connectivity index (χ2n) is 5.19. The van der Waals surface area contributed by atoms with Gasteiger partial charge in [0.2, 0.25) is 0 Å². The van der Waals surface area contributed by atoms with Crippen molar-refractivity contribution in [3.63, 3.8) is 0 Å². The summed E-state index contributed by atoms with van der Waals surface area (Å²) in [4.78, 5) is 2.11. The molecular formula is C16H16BrNOS2. The van der Waals surface area contributed by atoms with Crippen molar-refractivity contribution in [2.45, 2.75) is 37.5 Å². The molecule has 1 aliphatic rings. The van der Waals surface area contributed by atoms with Gasteiger partial charge in [-0.05, 0) is 58.6 Å². The standard InChI is InChI=1S/C16H16BrNOS2/c1-3-21-16-9(2)11(6-7-13(16)17)15(20)12-8-18-19-14(12)10-4-5-10/h6-8,10H,3-5H2,1-2H3. The molecular weight excluding hydrogens is 366 g/mol. The normalized spacial score (nSPS) is 14.4. The highest BCUT2D eigenvalue weighted by Gasteiger charge is 2.31. The van der Waals surface area contributed by atoms with Crippen LogP contribution in [-0.2, 0) is 0 Å². The summed E-state index contributed by atoms with van der Waals surface area (Å²) in [7, 11) is 0. The Morgan fingerprint density at radius 3 is 2.86 bits per heavy atom. The molecule has 21 heavy (non-hydrogen) atoms. The largest absolute Gasteiger partial charge is 0.360 e. The van der Waals surface area contributed by atoms with Crippen LogP contribution in [0.5, 0.6) is 0 Å². The average molecular weight is 382 g/mol. The highest BCUT2D eigenvalue weighted by Crippen LogP contribution is 2.42. The number of hydrogen-bond donors (Lipinski definition) is 0. The number of thioether (sulfide) groups is 1. The van der Waals surface area contributed by atoms with Crippen LogP contribution in [0.4, 0.5) is 0 Å². The Morgan fingerprint density at radius 1 is 1.43 bits per heavy atom. The molecule has 0 radical (unpaired) electrons. The van der Waals surface area contributed by atoms with E-state index in [4.69, 9.17) is 16.7 Å². The van der Waals surface area contributed by atoms with Crippen molar-refractivity contribution >= 4 is 44.8 Å². The minimum absolute atomic E-state index is 0.515. The maximum Gasteiger partial charge on any atom is 0.148 e. The molecule has 2 aromatic rings. The zero-order chi connectivity index (χ0) is 15.0. The molecule has 1 aromatic heterocycles. The molecule has 0 atom stereocenters. The number of rotatable bonds is 5. The van der Waals surface area contributed by atoms with E-state index in [-0.39, 0.29) is 0 Å². The van der Waals surface area contributed by atoms with Crippen molar-refractivity contribution in [1.82, 2.24) is 5.16 Å². The maximum absolute atomic E-state index is 5.73. The third-order valence-electron chi connectivity index (χ3n) is 3.68. The molecule has 0 aliphatic heterocycles. The van der Waals surface area contributed by atoms with Gasteiger partial charge in [-0.15, -0.1) is 11.8 Å². The lowest BCUT2D eigenvalue weighted by Crippen LogP contribution is -2.05. The van der Waals surface area contributed by atoms with E-state index in [1.165, 1.54) is 23.3 Å². The number of nitrogens with zero attached hydrogens (tertiary/aromatic N) is 1. The Balaban J connectivity index is 2.01. The molecule has 0 unspecified atom stereocenters. The minimum Gasteiger partial charge on any atom is -0.360 e. The molecule has 1 aromatic carbocycles. The smallest absolute Gasteiger partial charge is 0.148 e. The van der Waals surface area contributed by atoms with Gasteiger partial charge in [0.25, 0.3) is 0 Å². The Labute approximate surface area is 142 Å².